The summed E-state index contributed by atoms with van der Waals surface area (Å²) in [5.74, 6) is -1.15. The van der Waals surface area contributed by atoms with Gasteiger partial charge in [0.15, 0.2) is 0 Å². The van der Waals surface area contributed by atoms with Crippen molar-refractivity contribution in [2.75, 3.05) is 0 Å². The van der Waals surface area contributed by atoms with E-state index in [9.17, 15) is 14.7 Å². The molecule has 4 heteroatoms. The second-order valence-corrected chi connectivity index (χ2v) is 8.25. The van der Waals surface area contributed by atoms with Crippen molar-refractivity contribution in [1.29, 1.82) is 0 Å². The molecule has 0 radical (unpaired) electrons. The zero-order valence-electron chi connectivity index (χ0n) is 15.1. The molecule has 0 aliphatic heterocycles. The van der Waals surface area contributed by atoms with Gasteiger partial charge in [-0.15, -0.1) is 0 Å². The number of carbonyl (C=O) groups is 2. The lowest BCUT2D eigenvalue weighted by Crippen LogP contribution is -2.53. The molecule has 2 aliphatic carbocycles. The molecule has 0 aromatic carbocycles. The molecule has 2 aliphatic rings. The van der Waals surface area contributed by atoms with Crippen molar-refractivity contribution < 1.29 is 19.8 Å². The summed E-state index contributed by atoms with van der Waals surface area (Å²) in [6, 6.07) is 0. The number of carboxylic acid groups (broad SMARTS) is 2. The van der Waals surface area contributed by atoms with E-state index in [1.807, 2.05) is 13.8 Å². The normalized spacial score (nSPS) is 37.0. The van der Waals surface area contributed by atoms with Crippen LogP contribution >= 0.6 is 0 Å². The van der Waals surface area contributed by atoms with E-state index in [0.29, 0.717) is 0 Å². The first kappa shape index (κ1) is 18.8. The molecular formula is C20H30O4. The lowest BCUT2D eigenvalue weighted by molar-refractivity contribution is -0.164. The monoisotopic (exact) mass is 334 g/mol. The molecule has 0 bridgehead atoms. The van der Waals surface area contributed by atoms with Crippen LogP contribution in [0.5, 0.6) is 0 Å². The number of hydrogen-bond donors (Lipinski definition) is 2. The third-order valence-corrected chi connectivity index (χ3v) is 6.71. The minimum Gasteiger partial charge on any atom is -0.481 e. The summed E-state index contributed by atoms with van der Waals surface area (Å²) in [4.78, 5) is 22.8. The lowest BCUT2D eigenvalue weighted by Gasteiger charge is -2.57. The van der Waals surface area contributed by atoms with E-state index in [1.165, 1.54) is 11.6 Å². The van der Waals surface area contributed by atoms with E-state index in [4.69, 9.17) is 5.11 Å². The van der Waals surface area contributed by atoms with Crippen molar-refractivity contribution in [2.45, 2.75) is 65.7 Å². The number of fused-ring (bicyclic) bond motifs is 1. The number of rotatable bonds is 5. The Hall–Kier alpha value is -1.58. The molecule has 0 saturated heterocycles. The Labute approximate surface area is 144 Å². The zero-order chi connectivity index (χ0) is 18.1. The van der Waals surface area contributed by atoms with Gasteiger partial charge in [-0.05, 0) is 69.6 Å². The van der Waals surface area contributed by atoms with Gasteiger partial charge in [-0.3, -0.25) is 4.79 Å². The van der Waals surface area contributed by atoms with E-state index in [1.54, 1.807) is 0 Å². The van der Waals surface area contributed by atoms with Crippen LogP contribution in [0.25, 0.3) is 0 Å². The third kappa shape index (κ3) is 3.28. The topological polar surface area (TPSA) is 74.6 Å². The average molecular weight is 334 g/mol. The SMILES string of the molecule is C=C1CC[C@@H]2[C@](C)(CCC[C@]2(C)C(=O)O)[C@H]1CC/C(C)=C/C(=O)O. The van der Waals surface area contributed by atoms with Crippen LogP contribution in [-0.4, -0.2) is 22.2 Å². The fourth-order valence-electron chi connectivity index (χ4n) is 5.39. The zero-order valence-corrected chi connectivity index (χ0v) is 15.1. The maximum Gasteiger partial charge on any atom is 0.328 e. The Kier molecular flexibility index (Phi) is 5.26. The molecule has 0 aromatic heterocycles. The highest BCUT2D eigenvalue weighted by Gasteiger charge is 2.57. The Morgan fingerprint density at radius 2 is 1.96 bits per heavy atom. The molecule has 134 valence electrons. The summed E-state index contributed by atoms with van der Waals surface area (Å²) in [6.07, 6.45) is 7.36. The smallest absolute Gasteiger partial charge is 0.328 e. The predicted octanol–water partition coefficient (Wildman–Crippen LogP) is 4.66. The van der Waals surface area contributed by atoms with Crippen molar-refractivity contribution >= 4 is 11.9 Å². The number of carboxylic acids is 2. The molecule has 0 spiro atoms. The van der Waals surface area contributed by atoms with Crippen molar-refractivity contribution in [3.05, 3.63) is 23.8 Å². The van der Waals surface area contributed by atoms with Crippen molar-refractivity contribution in [3.8, 4) is 0 Å². The maximum atomic E-state index is 12.0. The van der Waals surface area contributed by atoms with Gasteiger partial charge < -0.3 is 10.2 Å². The van der Waals surface area contributed by atoms with E-state index >= 15 is 0 Å². The maximum absolute atomic E-state index is 12.0. The van der Waals surface area contributed by atoms with Crippen molar-refractivity contribution in [1.82, 2.24) is 0 Å². The van der Waals surface area contributed by atoms with Gasteiger partial charge in [0, 0.05) is 6.08 Å². The summed E-state index contributed by atoms with van der Waals surface area (Å²) in [7, 11) is 0. The molecule has 0 heterocycles. The fraction of sp³-hybridized carbons (Fsp3) is 0.700. The lowest BCUT2D eigenvalue weighted by atomic mass is 9.46. The van der Waals surface area contributed by atoms with Gasteiger partial charge in [-0.1, -0.05) is 31.1 Å². The Morgan fingerprint density at radius 3 is 2.54 bits per heavy atom. The molecule has 24 heavy (non-hydrogen) atoms. The third-order valence-electron chi connectivity index (χ3n) is 6.71. The van der Waals surface area contributed by atoms with E-state index in [-0.39, 0.29) is 17.3 Å². The second kappa shape index (κ2) is 6.73. The van der Waals surface area contributed by atoms with Crippen LogP contribution < -0.4 is 0 Å². The van der Waals surface area contributed by atoms with Crippen LogP contribution in [0.15, 0.2) is 23.8 Å². The molecule has 2 saturated carbocycles. The molecule has 2 fully saturated rings. The molecule has 2 N–H and O–H groups in total. The van der Waals surface area contributed by atoms with Crippen LogP contribution in [0.4, 0.5) is 0 Å². The van der Waals surface area contributed by atoms with E-state index in [0.717, 1.165) is 50.5 Å². The largest absolute Gasteiger partial charge is 0.481 e. The first-order valence-electron chi connectivity index (χ1n) is 8.92. The molecule has 4 atom stereocenters. The Balaban J connectivity index is 2.25. The van der Waals surface area contributed by atoms with Gasteiger partial charge in [0.1, 0.15) is 0 Å². The first-order valence-corrected chi connectivity index (χ1v) is 8.92. The highest BCUT2D eigenvalue weighted by molar-refractivity contribution is 5.80. The van der Waals surface area contributed by atoms with Gasteiger partial charge >= 0.3 is 11.9 Å². The van der Waals surface area contributed by atoms with Crippen LogP contribution in [0.2, 0.25) is 0 Å². The van der Waals surface area contributed by atoms with Crippen LogP contribution in [0, 0.1) is 22.7 Å². The summed E-state index contributed by atoms with van der Waals surface area (Å²) < 4.78 is 0. The van der Waals surface area contributed by atoms with Gasteiger partial charge in [-0.2, -0.15) is 0 Å². The predicted molar refractivity (Wildman–Crippen MR) is 93.7 cm³/mol. The molecule has 0 unspecified atom stereocenters. The molecule has 2 rings (SSSR count). The molecular weight excluding hydrogens is 304 g/mol. The van der Waals surface area contributed by atoms with Gasteiger partial charge in [0.05, 0.1) is 5.41 Å². The van der Waals surface area contributed by atoms with Gasteiger partial charge in [0.25, 0.3) is 0 Å². The second-order valence-electron chi connectivity index (χ2n) is 8.25. The van der Waals surface area contributed by atoms with Crippen LogP contribution in [0.1, 0.15) is 65.7 Å². The fourth-order valence-corrected chi connectivity index (χ4v) is 5.39. The van der Waals surface area contributed by atoms with Gasteiger partial charge in [0.2, 0.25) is 0 Å². The summed E-state index contributed by atoms with van der Waals surface area (Å²) in [6.45, 7) is 10.3. The number of hydrogen-bond acceptors (Lipinski definition) is 2. The summed E-state index contributed by atoms with van der Waals surface area (Å²) >= 11 is 0. The Morgan fingerprint density at radius 1 is 1.29 bits per heavy atom. The van der Waals surface area contributed by atoms with Crippen LogP contribution in [-0.2, 0) is 9.59 Å². The van der Waals surface area contributed by atoms with Crippen molar-refractivity contribution in [2.24, 2.45) is 22.7 Å². The highest BCUT2D eigenvalue weighted by Crippen LogP contribution is 2.62. The molecule has 0 aromatic rings. The van der Waals surface area contributed by atoms with Crippen molar-refractivity contribution in [3.63, 3.8) is 0 Å². The average Bonchev–Trinajstić information content (AvgIpc) is 2.45. The standard InChI is InChI=1S/C20H30O4/c1-13(12-17(21)22)6-8-15-14(2)7-9-16-19(15,3)10-5-11-20(16,4)18(23)24/h12,15-16H,2,5-11H2,1,3-4H3,(H,21,22)(H,23,24)/b13-12+/t15-,16+,19+,20-/m0/s1. The quantitative estimate of drug-likeness (QED) is 0.566. The highest BCUT2D eigenvalue weighted by atomic mass is 16.4. The first-order chi connectivity index (χ1) is 11.1. The van der Waals surface area contributed by atoms with Gasteiger partial charge in [-0.25, -0.2) is 4.79 Å². The summed E-state index contributed by atoms with van der Waals surface area (Å²) in [5.41, 5.74) is 1.37. The summed E-state index contributed by atoms with van der Waals surface area (Å²) in [5, 5.41) is 18.7. The van der Waals surface area contributed by atoms with E-state index in [2.05, 4.69) is 13.5 Å². The van der Waals surface area contributed by atoms with E-state index < -0.39 is 17.4 Å². The number of allylic oxidation sites excluding steroid dienone is 2. The molecule has 4 nitrogen and oxygen atoms in total. The molecule has 0 amide bonds. The minimum absolute atomic E-state index is 0.0514. The minimum atomic E-state index is -0.907. The number of aliphatic carboxylic acids is 2. The van der Waals surface area contributed by atoms with Crippen LogP contribution in [0.3, 0.4) is 0 Å². The Bertz CT molecular complexity index is 576.